The molecule has 3 aliphatic rings. The van der Waals surface area contributed by atoms with Gasteiger partial charge in [-0.2, -0.15) is 8.42 Å². The van der Waals surface area contributed by atoms with Crippen molar-refractivity contribution in [3.63, 3.8) is 0 Å². The molecule has 5 atom stereocenters. The highest BCUT2D eigenvalue weighted by Crippen LogP contribution is 2.44. The smallest absolute Gasteiger partial charge is 0.362 e. The highest BCUT2D eigenvalue weighted by Gasteiger charge is 2.60. The van der Waals surface area contributed by atoms with Crippen LogP contribution in [0, 0.1) is 0 Å². The average molecular weight is 495 g/mol. The maximum atomic E-state index is 12.2. The predicted octanol–water partition coefficient (Wildman–Crippen LogP) is 2.49. The first-order valence-electron chi connectivity index (χ1n) is 9.14. The van der Waals surface area contributed by atoms with Crippen molar-refractivity contribution in [1.82, 2.24) is 0 Å². The molecule has 0 aromatic heterocycles. The fourth-order valence-corrected chi connectivity index (χ4v) is 4.57. The first-order valence-corrected chi connectivity index (χ1v) is 11.3. The second-order valence-electron chi connectivity index (χ2n) is 7.94. The second kappa shape index (κ2) is 7.41. The van der Waals surface area contributed by atoms with Crippen molar-refractivity contribution in [2.24, 2.45) is 0 Å². The van der Waals surface area contributed by atoms with Crippen LogP contribution in [-0.4, -0.2) is 57.3 Å². The summed E-state index contributed by atoms with van der Waals surface area (Å²) in [5.74, 6) is -1.61. The molecular weight excluding hydrogens is 472 g/mol. The lowest BCUT2D eigenvalue weighted by atomic mass is 9.99. The Morgan fingerprint density at radius 1 is 0.931 bits per heavy atom. The van der Waals surface area contributed by atoms with Gasteiger partial charge in [0, 0.05) is 4.47 Å². The van der Waals surface area contributed by atoms with E-state index >= 15 is 0 Å². The predicted molar refractivity (Wildman–Crippen MR) is 102 cm³/mol. The molecule has 3 saturated heterocycles. The minimum atomic E-state index is -4.31. The van der Waals surface area contributed by atoms with Crippen LogP contribution in [0.3, 0.4) is 0 Å². The van der Waals surface area contributed by atoms with Gasteiger partial charge in [-0.25, -0.2) is 4.18 Å². The number of halogens is 1. The molecule has 0 bridgehead atoms. The lowest BCUT2D eigenvalue weighted by Gasteiger charge is -2.36. The van der Waals surface area contributed by atoms with Crippen molar-refractivity contribution in [2.75, 3.05) is 6.61 Å². The van der Waals surface area contributed by atoms with Gasteiger partial charge < -0.3 is 27.9 Å². The maximum Gasteiger partial charge on any atom is 0.449 e. The summed E-state index contributed by atoms with van der Waals surface area (Å²) in [6.07, 6.45) is -3.07. The molecule has 0 radical (unpaired) electrons. The van der Waals surface area contributed by atoms with E-state index in [0.29, 0.717) is 0 Å². The molecule has 0 amide bonds. The maximum absolute atomic E-state index is 12.2. The lowest BCUT2D eigenvalue weighted by molar-refractivity contribution is -0.238. The van der Waals surface area contributed by atoms with Crippen molar-refractivity contribution < 1.29 is 40.5 Å². The minimum Gasteiger partial charge on any atom is -0.362 e. The van der Waals surface area contributed by atoms with E-state index < -0.39 is 52.7 Å². The third-order valence-electron chi connectivity index (χ3n) is 4.64. The van der Waals surface area contributed by atoms with Crippen molar-refractivity contribution in [2.45, 2.75) is 70.0 Å². The van der Waals surface area contributed by atoms with Crippen molar-refractivity contribution in [3.05, 3.63) is 28.7 Å². The number of rotatable bonds is 5. The quantitative estimate of drug-likeness (QED) is 0.610. The molecule has 29 heavy (non-hydrogen) atoms. The Morgan fingerprint density at radius 3 is 2.21 bits per heavy atom. The van der Waals surface area contributed by atoms with Crippen molar-refractivity contribution in [1.29, 1.82) is 0 Å². The van der Waals surface area contributed by atoms with E-state index in [9.17, 15) is 8.42 Å². The molecular formula is C18H23BrO9S. The SMILES string of the molecule is CC1(C)OC2[C@H](OC(COS(=O)(=O)Oc3ccc(Br)cc3)[C@@H]3OC(C)(C)O[C@H]23)O1. The van der Waals surface area contributed by atoms with E-state index in [1.807, 2.05) is 0 Å². The number of benzene rings is 1. The van der Waals surface area contributed by atoms with E-state index in [2.05, 4.69) is 15.9 Å². The molecule has 3 fully saturated rings. The van der Waals surface area contributed by atoms with E-state index in [0.717, 1.165) is 4.47 Å². The van der Waals surface area contributed by atoms with Crippen LogP contribution in [0.4, 0.5) is 0 Å². The summed E-state index contributed by atoms with van der Waals surface area (Å²) in [6.45, 7) is 6.75. The van der Waals surface area contributed by atoms with Crippen molar-refractivity contribution in [3.8, 4) is 5.75 Å². The summed E-state index contributed by atoms with van der Waals surface area (Å²) >= 11 is 3.27. The minimum absolute atomic E-state index is 0.131. The largest absolute Gasteiger partial charge is 0.449 e. The van der Waals surface area contributed by atoms with E-state index in [1.165, 1.54) is 12.1 Å². The van der Waals surface area contributed by atoms with Crippen LogP contribution in [-0.2, 0) is 38.3 Å². The first kappa shape index (κ1) is 21.4. The molecule has 1 aromatic rings. The monoisotopic (exact) mass is 494 g/mol. The molecule has 9 nitrogen and oxygen atoms in total. The molecule has 11 heteroatoms. The standard InChI is InChI=1S/C18H23BrO9S/c1-17(2)24-13-12(23-16-15(14(13)25-17)26-18(3,4)27-16)9-22-29(20,21)28-11-7-5-10(19)6-8-11/h5-8,12-16H,9H2,1-4H3/t12?,13-,14-,15?,16+/m0/s1. The van der Waals surface area contributed by atoms with Crippen LogP contribution in [0.5, 0.6) is 5.75 Å². The zero-order valence-corrected chi connectivity index (χ0v) is 18.8. The normalized spacial score (nSPS) is 35.1. The van der Waals surface area contributed by atoms with Gasteiger partial charge in [0.25, 0.3) is 0 Å². The molecule has 0 N–H and O–H groups in total. The highest BCUT2D eigenvalue weighted by atomic mass is 79.9. The summed E-state index contributed by atoms with van der Waals surface area (Å²) < 4.78 is 64.8. The zero-order valence-electron chi connectivity index (χ0n) is 16.4. The molecule has 4 rings (SSSR count). The topological polar surface area (TPSA) is 98.8 Å². The summed E-state index contributed by atoms with van der Waals surface area (Å²) in [5, 5.41) is 0. The van der Waals surface area contributed by atoms with Crippen molar-refractivity contribution >= 4 is 26.3 Å². The molecule has 1 aromatic carbocycles. The van der Waals surface area contributed by atoms with Crippen LogP contribution >= 0.6 is 15.9 Å². The Labute approximate surface area is 177 Å². The molecule has 2 unspecified atom stereocenters. The van der Waals surface area contributed by atoms with E-state index in [-0.39, 0.29) is 12.4 Å². The van der Waals surface area contributed by atoms with Crippen LogP contribution in [0.2, 0.25) is 0 Å². The van der Waals surface area contributed by atoms with Gasteiger partial charge in [-0.15, -0.1) is 0 Å². The van der Waals surface area contributed by atoms with Gasteiger partial charge in [0.05, 0.1) is 6.61 Å². The van der Waals surface area contributed by atoms with Crippen LogP contribution in [0.1, 0.15) is 27.7 Å². The number of ether oxygens (including phenoxy) is 5. The molecule has 0 aliphatic carbocycles. The average Bonchev–Trinajstić information content (AvgIpc) is 3.09. The Kier molecular flexibility index (Phi) is 5.48. The zero-order chi connectivity index (χ0) is 21.0. The Bertz CT molecular complexity index is 855. The highest BCUT2D eigenvalue weighted by molar-refractivity contribution is 9.10. The molecule has 162 valence electrons. The van der Waals surface area contributed by atoms with Gasteiger partial charge in [0.2, 0.25) is 0 Å². The van der Waals surface area contributed by atoms with Gasteiger partial charge in [0.15, 0.2) is 17.9 Å². The van der Waals surface area contributed by atoms with Gasteiger partial charge in [0.1, 0.15) is 30.2 Å². The summed E-state index contributed by atoms with van der Waals surface area (Å²) in [4.78, 5) is 0. The van der Waals surface area contributed by atoms with Gasteiger partial charge in [-0.1, -0.05) is 15.9 Å². The third-order valence-corrected chi connectivity index (χ3v) is 5.99. The van der Waals surface area contributed by atoms with Crippen LogP contribution < -0.4 is 4.18 Å². The Morgan fingerprint density at radius 2 is 1.52 bits per heavy atom. The summed E-state index contributed by atoms with van der Waals surface area (Å²) in [5.41, 5.74) is 0. The van der Waals surface area contributed by atoms with E-state index in [1.54, 1.807) is 39.8 Å². The van der Waals surface area contributed by atoms with Gasteiger partial charge in [-0.3, -0.25) is 0 Å². The molecule has 0 spiro atoms. The summed E-state index contributed by atoms with van der Waals surface area (Å²) in [6, 6.07) is 6.32. The van der Waals surface area contributed by atoms with Gasteiger partial charge in [-0.05, 0) is 52.0 Å². The van der Waals surface area contributed by atoms with Crippen LogP contribution in [0.25, 0.3) is 0 Å². The summed E-state index contributed by atoms with van der Waals surface area (Å²) in [7, 11) is -4.31. The molecule has 3 heterocycles. The van der Waals surface area contributed by atoms with E-state index in [4.69, 9.17) is 32.1 Å². The Balaban J connectivity index is 1.45. The fraction of sp³-hybridized carbons (Fsp3) is 0.667. The van der Waals surface area contributed by atoms with Crippen LogP contribution in [0.15, 0.2) is 28.7 Å². The Hall–Kier alpha value is -0.790. The van der Waals surface area contributed by atoms with Gasteiger partial charge >= 0.3 is 10.4 Å². The second-order valence-corrected chi connectivity index (χ2v) is 10.1. The fourth-order valence-electron chi connectivity index (χ4n) is 3.61. The number of hydrogen-bond donors (Lipinski definition) is 0. The lowest BCUT2D eigenvalue weighted by Crippen LogP contribution is -2.56. The third kappa shape index (κ3) is 4.77. The molecule has 0 saturated carbocycles. The first-order chi connectivity index (χ1) is 13.4. The number of hydrogen-bond acceptors (Lipinski definition) is 9. The number of fused-ring (bicyclic) bond motifs is 3. The molecule has 3 aliphatic heterocycles.